The summed E-state index contributed by atoms with van der Waals surface area (Å²) in [6.07, 6.45) is -12.2. The number of aliphatic hydroxyl groups excluding tert-OH is 5. The van der Waals surface area contributed by atoms with Crippen LogP contribution in [-0.2, 0) is 38.1 Å². The quantitative estimate of drug-likeness (QED) is 0.171. The van der Waals surface area contributed by atoms with Gasteiger partial charge in [0.05, 0.1) is 11.5 Å². The number of aliphatic carboxylic acids is 3. The van der Waals surface area contributed by atoms with Gasteiger partial charge in [-0.25, -0.2) is 9.59 Å². The second-order valence-corrected chi connectivity index (χ2v) is 20.6. The molecule has 7 aliphatic rings. The summed E-state index contributed by atoms with van der Waals surface area (Å²) in [5, 5.41) is 83.0. The molecule has 8 N–H and O–H groups in total. The Labute approximate surface area is 337 Å². The summed E-state index contributed by atoms with van der Waals surface area (Å²) >= 11 is 0. The van der Waals surface area contributed by atoms with E-state index in [1.807, 2.05) is 26.8 Å². The summed E-state index contributed by atoms with van der Waals surface area (Å²) < 4.78 is 23.4. The molecule has 0 radical (unpaired) electrons. The summed E-state index contributed by atoms with van der Waals surface area (Å²) in [5.74, 6) is -4.47. The molecule has 19 atom stereocenters. The third-order valence-electron chi connectivity index (χ3n) is 17.2. The molecule has 0 bridgehead atoms. The van der Waals surface area contributed by atoms with E-state index in [2.05, 4.69) is 27.7 Å². The molecule has 58 heavy (non-hydrogen) atoms. The Balaban J connectivity index is 1.17. The highest BCUT2D eigenvalue weighted by molar-refractivity contribution is 5.95. The van der Waals surface area contributed by atoms with Crippen LogP contribution in [0.3, 0.4) is 0 Å². The molecule has 7 rings (SSSR count). The fourth-order valence-corrected chi connectivity index (χ4v) is 13.4. The first-order valence-electron chi connectivity index (χ1n) is 20.7. The summed E-state index contributed by atoms with van der Waals surface area (Å²) in [5.41, 5.74) is -1.81. The van der Waals surface area contributed by atoms with E-state index in [9.17, 15) is 60.0 Å². The number of carboxylic acids is 3. The number of ether oxygens (including phenoxy) is 4. The van der Waals surface area contributed by atoms with Crippen molar-refractivity contribution in [3.8, 4) is 0 Å². The SMILES string of the molecule is CC1(C)[C@@H](O[C@H]2OC(C(=O)O)[C@@H](O)[C@H](O)C2O[C@@H]2OC(C(=O)O)[C@@H](O)[C@H](O)C2O)CC[C@]2(C)[C@H]3C(=O)C=C4[C@@H]5C[C@@](C)(C(=O)O)CC[C@]5(C)CC[C@@]4(C)[C@]3(C)CC[C@@H]12. The molecule has 4 saturated carbocycles. The fourth-order valence-electron chi connectivity index (χ4n) is 13.4. The van der Waals surface area contributed by atoms with Crippen LogP contribution >= 0.6 is 0 Å². The second-order valence-electron chi connectivity index (χ2n) is 20.6. The van der Waals surface area contributed by atoms with E-state index in [0.29, 0.717) is 25.7 Å². The van der Waals surface area contributed by atoms with Crippen molar-refractivity contribution in [2.45, 2.75) is 174 Å². The number of allylic oxidation sites excluding steroid dienone is 2. The fraction of sp³-hybridized carbons (Fsp3) is 0.857. The van der Waals surface area contributed by atoms with Crippen molar-refractivity contribution in [3.63, 3.8) is 0 Å². The van der Waals surface area contributed by atoms with Gasteiger partial charge in [0, 0.05) is 5.92 Å². The minimum atomic E-state index is -2.05. The molecule has 5 aliphatic carbocycles. The minimum absolute atomic E-state index is 0.0217. The van der Waals surface area contributed by atoms with Crippen LogP contribution in [0.2, 0.25) is 0 Å². The van der Waals surface area contributed by atoms with Crippen LogP contribution in [0.4, 0.5) is 0 Å². The van der Waals surface area contributed by atoms with Crippen LogP contribution in [0.15, 0.2) is 11.6 Å². The summed E-state index contributed by atoms with van der Waals surface area (Å²) in [6, 6.07) is 0. The van der Waals surface area contributed by atoms with Crippen molar-refractivity contribution < 1.29 is 79.0 Å². The number of rotatable bonds is 7. The molecule has 2 heterocycles. The molecule has 0 amide bonds. The lowest BCUT2D eigenvalue weighted by Gasteiger charge is -2.70. The largest absolute Gasteiger partial charge is 0.481 e. The first-order chi connectivity index (χ1) is 26.8. The van der Waals surface area contributed by atoms with Gasteiger partial charge in [0.2, 0.25) is 0 Å². The first kappa shape index (κ1) is 43.5. The Morgan fingerprint density at radius 1 is 0.690 bits per heavy atom. The van der Waals surface area contributed by atoms with Crippen molar-refractivity contribution in [2.75, 3.05) is 0 Å². The zero-order valence-corrected chi connectivity index (χ0v) is 34.4. The standard InChI is InChI=1S/C42H62O16/c1-37(2)21-8-11-42(7)31(20(43)16-18-19-17-39(4,36(53)54)13-12-38(19,3)14-15-41(18,42)6)40(21,5)10-9-22(37)55-35-30(26(47)25(46)29(57-35)33(51)52)58-34-27(48)23(44)24(45)28(56-34)32(49)50/h16,19,21-31,34-35,44-48H,8-15,17H2,1-7H3,(H,49,50)(H,51,52)(H,53,54)/t19-,21-,22-,23-,24-,25-,26-,27?,28?,29?,30?,31+,34-,35-,38+,39-,40-,41+,42+/m0/s1. The Morgan fingerprint density at radius 2 is 1.28 bits per heavy atom. The normalized spacial score (nSPS) is 52.6. The zero-order valence-electron chi connectivity index (χ0n) is 34.4. The smallest absolute Gasteiger partial charge is 0.335 e. The Morgan fingerprint density at radius 3 is 1.88 bits per heavy atom. The number of carbonyl (C=O) groups is 4. The number of hydrogen-bond donors (Lipinski definition) is 8. The summed E-state index contributed by atoms with van der Waals surface area (Å²) in [6.45, 7) is 14.8. The molecule has 0 aromatic rings. The summed E-state index contributed by atoms with van der Waals surface area (Å²) in [7, 11) is 0. The molecule has 4 unspecified atom stereocenters. The van der Waals surface area contributed by atoms with Gasteiger partial charge < -0.3 is 59.8 Å². The van der Waals surface area contributed by atoms with Crippen molar-refractivity contribution in [3.05, 3.63) is 11.6 Å². The lowest BCUT2D eigenvalue weighted by atomic mass is 9.33. The van der Waals surface area contributed by atoms with Crippen LogP contribution in [-0.4, -0.2) is 132 Å². The van der Waals surface area contributed by atoms with Crippen LogP contribution < -0.4 is 0 Å². The zero-order chi connectivity index (χ0) is 42.9. The monoisotopic (exact) mass is 822 g/mol. The highest BCUT2D eigenvalue weighted by atomic mass is 16.8. The third kappa shape index (κ3) is 6.25. The van der Waals surface area contributed by atoms with Crippen LogP contribution in [0.1, 0.15) is 106 Å². The van der Waals surface area contributed by atoms with Crippen molar-refractivity contribution >= 4 is 23.7 Å². The Bertz CT molecular complexity index is 1730. The van der Waals surface area contributed by atoms with Crippen molar-refractivity contribution in [1.29, 1.82) is 0 Å². The van der Waals surface area contributed by atoms with Crippen LogP contribution in [0.25, 0.3) is 0 Å². The third-order valence-corrected chi connectivity index (χ3v) is 17.2. The summed E-state index contributed by atoms with van der Waals surface area (Å²) in [4.78, 5) is 51.3. The minimum Gasteiger partial charge on any atom is -0.481 e. The molecule has 0 spiro atoms. The van der Waals surface area contributed by atoms with Gasteiger partial charge in [-0.15, -0.1) is 0 Å². The molecule has 16 heteroatoms. The van der Waals surface area contributed by atoms with Gasteiger partial charge in [-0.2, -0.15) is 0 Å². The second kappa shape index (κ2) is 14.3. The van der Waals surface area contributed by atoms with Gasteiger partial charge >= 0.3 is 17.9 Å². The van der Waals surface area contributed by atoms with E-state index in [-0.39, 0.29) is 34.4 Å². The lowest BCUT2D eigenvalue weighted by molar-refractivity contribution is -0.371. The van der Waals surface area contributed by atoms with Gasteiger partial charge in [0.15, 0.2) is 30.6 Å². The first-order valence-corrected chi connectivity index (χ1v) is 20.7. The number of carboxylic acid groups (broad SMARTS) is 3. The topological polar surface area (TPSA) is 267 Å². The highest BCUT2D eigenvalue weighted by Crippen LogP contribution is 2.75. The maximum absolute atomic E-state index is 14.8. The predicted molar refractivity (Wildman–Crippen MR) is 199 cm³/mol. The number of ketones is 1. The van der Waals surface area contributed by atoms with E-state index in [1.54, 1.807) is 0 Å². The van der Waals surface area contributed by atoms with E-state index in [1.165, 1.54) is 0 Å². The molecule has 0 aromatic carbocycles. The van der Waals surface area contributed by atoms with E-state index >= 15 is 0 Å². The number of hydrogen-bond acceptors (Lipinski definition) is 13. The molecular weight excluding hydrogens is 760 g/mol. The average Bonchev–Trinajstić information content (AvgIpc) is 3.13. The van der Waals surface area contributed by atoms with Crippen LogP contribution in [0.5, 0.6) is 0 Å². The van der Waals surface area contributed by atoms with Gasteiger partial charge in [0.1, 0.15) is 36.6 Å². The molecular formula is C42H62O16. The maximum atomic E-state index is 14.8. The van der Waals surface area contributed by atoms with Crippen molar-refractivity contribution in [2.24, 2.45) is 50.2 Å². The van der Waals surface area contributed by atoms with Gasteiger partial charge in [-0.05, 0) is 110 Å². The van der Waals surface area contributed by atoms with E-state index in [0.717, 1.165) is 37.7 Å². The van der Waals surface area contributed by atoms with Crippen molar-refractivity contribution in [1.82, 2.24) is 0 Å². The molecule has 16 nitrogen and oxygen atoms in total. The van der Waals surface area contributed by atoms with Gasteiger partial charge in [0.25, 0.3) is 0 Å². The molecule has 2 saturated heterocycles. The number of carbonyl (C=O) groups excluding carboxylic acids is 1. The lowest BCUT2D eigenvalue weighted by Crippen LogP contribution is -2.68. The molecule has 6 fully saturated rings. The number of fused-ring (bicyclic) bond motifs is 7. The Kier molecular flexibility index (Phi) is 10.7. The molecule has 326 valence electrons. The van der Waals surface area contributed by atoms with Crippen LogP contribution in [0, 0.1) is 50.2 Å². The van der Waals surface area contributed by atoms with Gasteiger partial charge in [-0.1, -0.05) is 47.1 Å². The van der Waals surface area contributed by atoms with Gasteiger partial charge in [-0.3, -0.25) is 9.59 Å². The van der Waals surface area contributed by atoms with E-state index in [4.69, 9.17) is 18.9 Å². The van der Waals surface area contributed by atoms with E-state index < -0.39 is 107 Å². The predicted octanol–water partition coefficient (Wildman–Crippen LogP) is 2.25. The molecule has 2 aliphatic heterocycles. The highest BCUT2D eigenvalue weighted by Gasteiger charge is 2.71. The number of aliphatic hydroxyl groups is 5. The molecule has 0 aromatic heterocycles. The Hall–Kier alpha value is -2.54. The average molecular weight is 823 g/mol. The maximum Gasteiger partial charge on any atom is 0.335 e.